The zero-order valence-corrected chi connectivity index (χ0v) is 11.7. The minimum atomic E-state index is 0.446. The van der Waals surface area contributed by atoms with Gasteiger partial charge in [-0.2, -0.15) is 0 Å². The Bertz CT molecular complexity index is 226. The fourth-order valence-corrected chi connectivity index (χ4v) is 1.27. The maximum absolute atomic E-state index is 7.00. The number of aliphatic hydroxyl groups excluding tert-OH is 1. The Labute approximate surface area is 102 Å². The largest absolute Gasteiger partial charge is 0.400 e. The van der Waals surface area contributed by atoms with Crippen LogP contribution in [0.2, 0.25) is 0 Å². The first kappa shape index (κ1) is 17.6. The quantitative estimate of drug-likeness (QED) is 0.811. The van der Waals surface area contributed by atoms with E-state index in [0.717, 1.165) is 7.11 Å². The molecule has 0 spiro atoms. The van der Waals surface area contributed by atoms with Crippen LogP contribution in [0.25, 0.3) is 0 Å². The topological polar surface area (TPSA) is 20.2 Å². The molecule has 1 aromatic carbocycles. The van der Waals surface area contributed by atoms with Crippen LogP contribution in [0.15, 0.2) is 30.3 Å². The van der Waals surface area contributed by atoms with Crippen LogP contribution in [-0.2, 0) is 6.42 Å². The van der Waals surface area contributed by atoms with E-state index in [0.29, 0.717) is 5.41 Å². The normalized spacial score (nSPS) is 9.44. The molecular formula is C15H28O. The molecular weight excluding hydrogens is 196 g/mol. The minimum absolute atomic E-state index is 0.446. The van der Waals surface area contributed by atoms with Gasteiger partial charge in [-0.25, -0.2) is 0 Å². The summed E-state index contributed by atoms with van der Waals surface area (Å²) in [7, 11) is 1.00. The van der Waals surface area contributed by atoms with Crippen LogP contribution in [-0.4, -0.2) is 12.2 Å². The van der Waals surface area contributed by atoms with E-state index in [4.69, 9.17) is 5.11 Å². The van der Waals surface area contributed by atoms with Gasteiger partial charge in [0.1, 0.15) is 0 Å². The highest BCUT2D eigenvalue weighted by molar-refractivity contribution is 5.15. The Morgan fingerprint density at radius 2 is 1.44 bits per heavy atom. The molecule has 0 radical (unpaired) electrons. The molecule has 16 heavy (non-hydrogen) atoms. The lowest BCUT2D eigenvalue weighted by molar-refractivity contribution is 0.349. The molecule has 0 saturated heterocycles. The van der Waals surface area contributed by atoms with Gasteiger partial charge in [-0.15, -0.1) is 0 Å². The first-order chi connectivity index (χ1) is 7.64. The third-order valence-electron chi connectivity index (χ3n) is 2.48. The van der Waals surface area contributed by atoms with Gasteiger partial charge < -0.3 is 5.11 Å². The van der Waals surface area contributed by atoms with Crippen LogP contribution in [0.1, 0.15) is 46.6 Å². The van der Waals surface area contributed by atoms with Gasteiger partial charge in [0.05, 0.1) is 0 Å². The Kier molecular flexibility index (Phi) is 11.7. The van der Waals surface area contributed by atoms with Crippen LogP contribution in [0.3, 0.4) is 0 Å². The zero-order valence-electron chi connectivity index (χ0n) is 11.7. The molecule has 0 unspecified atom stereocenters. The number of rotatable bonds is 3. The van der Waals surface area contributed by atoms with Gasteiger partial charge in [-0.05, 0) is 17.4 Å². The number of aliphatic hydroxyl groups is 1. The van der Waals surface area contributed by atoms with E-state index >= 15 is 0 Å². The number of hydrogen-bond acceptors (Lipinski definition) is 1. The van der Waals surface area contributed by atoms with Gasteiger partial charge in [-0.1, -0.05) is 71.4 Å². The molecule has 0 amide bonds. The summed E-state index contributed by atoms with van der Waals surface area (Å²) in [4.78, 5) is 0. The molecule has 0 saturated carbocycles. The molecule has 94 valence electrons. The van der Waals surface area contributed by atoms with Crippen molar-refractivity contribution in [3.63, 3.8) is 0 Å². The van der Waals surface area contributed by atoms with Gasteiger partial charge >= 0.3 is 0 Å². The Morgan fingerprint density at radius 3 is 1.81 bits per heavy atom. The second-order valence-corrected chi connectivity index (χ2v) is 4.18. The summed E-state index contributed by atoms with van der Waals surface area (Å²) in [5.41, 5.74) is 1.89. The van der Waals surface area contributed by atoms with Crippen LogP contribution in [0, 0.1) is 5.41 Å². The molecule has 0 atom stereocenters. The van der Waals surface area contributed by atoms with Gasteiger partial charge in [-0.3, -0.25) is 0 Å². The predicted octanol–water partition coefficient (Wildman–Crippen LogP) is 4.30. The van der Waals surface area contributed by atoms with Crippen LogP contribution in [0.5, 0.6) is 0 Å². The van der Waals surface area contributed by atoms with Crippen molar-refractivity contribution in [2.75, 3.05) is 7.11 Å². The van der Waals surface area contributed by atoms with Crippen molar-refractivity contribution in [3.05, 3.63) is 35.9 Å². The van der Waals surface area contributed by atoms with Crippen molar-refractivity contribution in [3.8, 4) is 0 Å². The SMILES string of the molecule is CC.CCC(C)(C)Cc1ccccc1.CO. The Balaban J connectivity index is 0. The summed E-state index contributed by atoms with van der Waals surface area (Å²) in [5.74, 6) is 0. The molecule has 1 rings (SSSR count). The molecule has 0 aliphatic carbocycles. The molecule has 0 bridgehead atoms. The summed E-state index contributed by atoms with van der Waals surface area (Å²) in [6.07, 6.45) is 2.42. The third-order valence-corrected chi connectivity index (χ3v) is 2.48. The second kappa shape index (κ2) is 10.7. The van der Waals surface area contributed by atoms with Crippen molar-refractivity contribution < 1.29 is 5.11 Å². The monoisotopic (exact) mass is 224 g/mol. The highest BCUT2D eigenvalue weighted by Crippen LogP contribution is 2.24. The Hall–Kier alpha value is -0.820. The van der Waals surface area contributed by atoms with Crippen molar-refractivity contribution in [2.45, 2.75) is 47.5 Å². The lowest BCUT2D eigenvalue weighted by Gasteiger charge is -2.22. The number of hydrogen-bond donors (Lipinski definition) is 1. The average Bonchev–Trinajstić information content (AvgIpc) is 2.35. The van der Waals surface area contributed by atoms with E-state index in [1.165, 1.54) is 18.4 Å². The van der Waals surface area contributed by atoms with E-state index in [2.05, 4.69) is 51.1 Å². The van der Waals surface area contributed by atoms with Gasteiger partial charge in [0, 0.05) is 7.11 Å². The van der Waals surface area contributed by atoms with Crippen LogP contribution < -0.4 is 0 Å². The summed E-state index contributed by atoms with van der Waals surface area (Å²) in [6, 6.07) is 10.7. The molecule has 0 aromatic heterocycles. The van der Waals surface area contributed by atoms with Crippen molar-refractivity contribution in [2.24, 2.45) is 5.41 Å². The maximum atomic E-state index is 7.00. The van der Waals surface area contributed by atoms with Crippen LogP contribution >= 0.6 is 0 Å². The maximum Gasteiger partial charge on any atom is 0.0319 e. The Morgan fingerprint density at radius 1 is 1.00 bits per heavy atom. The molecule has 1 nitrogen and oxygen atoms in total. The van der Waals surface area contributed by atoms with E-state index in [9.17, 15) is 0 Å². The molecule has 1 aromatic rings. The summed E-state index contributed by atoms with van der Waals surface area (Å²) in [6.45, 7) is 10.9. The molecule has 1 heteroatoms. The summed E-state index contributed by atoms with van der Waals surface area (Å²) < 4.78 is 0. The van der Waals surface area contributed by atoms with E-state index in [1.807, 2.05) is 13.8 Å². The zero-order chi connectivity index (χ0) is 13.0. The molecule has 0 fully saturated rings. The molecule has 0 heterocycles. The van der Waals surface area contributed by atoms with Gasteiger partial charge in [0.15, 0.2) is 0 Å². The van der Waals surface area contributed by atoms with Crippen LogP contribution in [0.4, 0.5) is 0 Å². The van der Waals surface area contributed by atoms with E-state index in [1.54, 1.807) is 0 Å². The lowest BCUT2D eigenvalue weighted by Crippen LogP contribution is -2.12. The lowest BCUT2D eigenvalue weighted by atomic mass is 9.83. The number of benzene rings is 1. The first-order valence-electron chi connectivity index (χ1n) is 6.13. The van der Waals surface area contributed by atoms with Crippen molar-refractivity contribution >= 4 is 0 Å². The van der Waals surface area contributed by atoms with Crippen molar-refractivity contribution in [1.29, 1.82) is 0 Å². The second-order valence-electron chi connectivity index (χ2n) is 4.18. The molecule has 0 aliphatic heterocycles. The van der Waals surface area contributed by atoms with Crippen molar-refractivity contribution in [1.82, 2.24) is 0 Å². The minimum Gasteiger partial charge on any atom is -0.400 e. The average molecular weight is 224 g/mol. The molecule has 0 aliphatic rings. The van der Waals surface area contributed by atoms with E-state index in [-0.39, 0.29) is 0 Å². The smallest absolute Gasteiger partial charge is 0.0319 e. The van der Waals surface area contributed by atoms with Gasteiger partial charge in [0.25, 0.3) is 0 Å². The highest BCUT2D eigenvalue weighted by atomic mass is 16.2. The predicted molar refractivity (Wildman–Crippen MR) is 73.7 cm³/mol. The summed E-state index contributed by atoms with van der Waals surface area (Å²) >= 11 is 0. The fourth-order valence-electron chi connectivity index (χ4n) is 1.27. The third kappa shape index (κ3) is 8.49. The fraction of sp³-hybridized carbons (Fsp3) is 0.600. The summed E-state index contributed by atoms with van der Waals surface area (Å²) in [5, 5.41) is 7.00. The first-order valence-corrected chi connectivity index (χ1v) is 6.13. The standard InChI is InChI=1S/C12H18.C2H6.CH4O/c1-4-12(2,3)10-11-8-6-5-7-9-11;2*1-2/h5-9H,4,10H2,1-3H3;1-2H3;2H,1H3. The van der Waals surface area contributed by atoms with E-state index < -0.39 is 0 Å². The highest BCUT2D eigenvalue weighted by Gasteiger charge is 2.14. The molecule has 1 N–H and O–H groups in total. The van der Waals surface area contributed by atoms with Gasteiger partial charge in [0.2, 0.25) is 0 Å².